The molecule has 0 unspecified atom stereocenters. The van der Waals surface area contributed by atoms with Crippen LogP contribution in [0.4, 0.5) is 18.9 Å². The van der Waals surface area contributed by atoms with Crippen LogP contribution in [0.1, 0.15) is 61.4 Å². The number of halogens is 3. The fourth-order valence-corrected chi connectivity index (χ4v) is 3.28. The lowest BCUT2D eigenvalue weighted by Gasteiger charge is -2.06. The van der Waals surface area contributed by atoms with E-state index in [1.54, 1.807) is 12.1 Å². The topological polar surface area (TPSA) is 12.0 Å². The van der Waals surface area contributed by atoms with Gasteiger partial charge in [-0.1, -0.05) is 69.3 Å². The van der Waals surface area contributed by atoms with Crippen LogP contribution in [0.25, 0.3) is 12.2 Å². The van der Waals surface area contributed by atoms with Gasteiger partial charge in [0.1, 0.15) is 0 Å². The van der Waals surface area contributed by atoms with Crippen molar-refractivity contribution in [1.82, 2.24) is 0 Å². The molecule has 0 saturated carbocycles. The normalized spacial score (nSPS) is 12.8. The Morgan fingerprint density at radius 3 is 2.37 bits per heavy atom. The van der Waals surface area contributed by atoms with Crippen LogP contribution in [-0.4, -0.2) is 13.2 Å². The van der Waals surface area contributed by atoms with Gasteiger partial charge in [-0.2, -0.15) is 13.2 Å². The van der Waals surface area contributed by atoms with Gasteiger partial charge in [0, 0.05) is 18.8 Å². The van der Waals surface area contributed by atoms with Gasteiger partial charge in [-0.15, -0.1) is 0 Å². The number of nitrogens with one attached hydrogen (secondary N) is 1. The highest BCUT2D eigenvalue weighted by atomic mass is 19.4. The molecule has 0 saturated heterocycles. The van der Waals surface area contributed by atoms with Crippen molar-refractivity contribution in [2.45, 2.75) is 59.6 Å². The van der Waals surface area contributed by atoms with Crippen molar-refractivity contribution in [1.29, 1.82) is 0 Å². The molecule has 0 atom stereocenters. The molecule has 0 bridgehead atoms. The van der Waals surface area contributed by atoms with E-state index in [1.807, 2.05) is 53.0 Å². The number of benzene rings is 2. The number of rotatable bonds is 4. The summed E-state index contributed by atoms with van der Waals surface area (Å²) in [5, 5.41) is 3.23. The Balaban J connectivity index is 0.000000296. The van der Waals surface area contributed by atoms with Gasteiger partial charge < -0.3 is 5.32 Å². The lowest BCUT2D eigenvalue weighted by atomic mass is 10.0. The Morgan fingerprint density at radius 2 is 1.77 bits per heavy atom. The number of anilines is 1. The van der Waals surface area contributed by atoms with Gasteiger partial charge in [0.15, 0.2) is 0 Å². The maximum atomic E-state index is 12.0. The molecule has 3 rings (SSSR count). The van der Waals surface area contributed by atoms with Gasteiger partial charge in [-0.3, -0.25) is 0 Å². The third-order valence-corrected chi connectivity index (χ3v) is 4.71. The Labute approximate surface area is 179 Å². The van der Waals surface area contributed by atoms with Crippen LogP contribution in [0.2, 0.25) is 0 Å². The molecule has 0 aromatic heterocycles. The molecule has 1 aliphatic carbocycles. The first-order chi connectivity index (χ1) is 14.3. The van der Waals surface area contributed by atoms with E-state index in [4.69, 9.17) is 0 Å². The van der Waals surface area contributed by atoms with Gasteiger partial charge >= 0.3 is 6.18 Å². The zero-order valence-electron chi connectivity index (χ0n) is 18.7. The van der Waals surface area contributed by atoms with Gasteiger partial charge in [0.05, 0.1) is 0 Å². The molecule has 164 valence electrons. The smallest absolute Gasteiger partial charge is 0.388 e. The van der Waals surface area contributed by atoms with Crippen molar-refractivity contribution < 1.29 is 13.2 Å². The SMILES string of the molecule is CC.CCC=Cc1ccc(/C=C/C(F)(F)F)cc1C.CNc1cccc2c1CCC2. The van der Waals surface area contributed by atoms with Crippen LogP contribution in [0, 0.1) is 6.92 Å². The lowest BCUT2D eigenvalue weighted by Crippen LogP contribution is -2.00. The van der Waals surface area contributed by atoms with E-state index in [0.717, 1.165) is 23.6 Å². The average Bonchev–Trinajstić information content (AvgIpc) is 3.22. The summed E-state index contributed by atoms with van der Waals surface area (Å²) in [5.41, 5.74) is 6.97. The first-order valence-electron chi connectivity index (χ1n) is 10.7. The fourth-order valence-electron chi connectivity index (χ4n) is 3.28. The maximum Gasteiger partial charge on any atom is 0.409 e. The molecule has 30 heavy (non-hydrogen) atoms. The zero-order valence-corrected chi connectivity index (χ0v) is 18.7. The van der Waals surface area contributed by atoms with Crippen molar-refractivity contribution in [2.24, 2.45) is 0 Å². The number of aryl methyl sites for hydroxylation is 2. The molecule has 0 heterocycles. The third kappa shape index (κ3) is 8.48. The van der Waals surface area contributed by atoms with Crippen molar-refractivity contribution in [3.8, 4) is 0 Å². The first kappa shape index (κ1) is 25.5. The van der Waals surface area contributed by atoms with E-state index in [2.05, 4.69) is 23.5 Å². The van der Waals surface area contributed by atoms with Crippen molar-refractivity contribution in [3.05, 3.63) is 76.4 Å². The third-order valence-electron chi connectivity index (χ3n) is 4.71. The second-order valence-corrected chi connectivity index (χ2v) is 6.85. The molecule has 0 spiro atoms. The molecule has 1 N–H and O–H groups in total. The number of hydrogen-bond donors (Lipinski definition) is 1. The van der Waals surface area contributed by atoms with E-state index in [1.165, 1.54) is 36.1 Å². The van der Waals surface area contributed by atoms with Gasteiger partial charge in [-0.05, 0) is 66.5 Å². The largest absolute Gasteiger partial charge is 0.409 e. The summed E-state index contributed by atoms with van der Waals surface area (Å²) < 4.78 is 36.0. The molecule has 0 fully saturated rings. The van der Waals surface area contributed by atoms with Crippen molar-refractivity contribution >= 4 is 17.8 Å². The van der Waals surface area contributed by atoms with Crippen molar-refractivity contribution in [2.75, 3.05) is 12.4 Å². The second kappa shape index (κ2) is 12.9. The standard InChI is InChI=1S/C14H15F3.C10H13N.C2H6/c1-3-4-5-13-7-6-12(10-11(13)2)8-9-14(15,16)17;1-11-10-7-3-5-8-4-2-6-9(8)10;1-2/h4-10H,3H2,1-2H3;3,5,7,11H,2,4,6H2,1H3;1-2H3/b5-4?,9-8+;;. The lowest BCUT2D eigenvalue weighted by molar-refractivity contribution is -0.0790. The fraction of sp³-hybridized carbons (Fsp3) is 0.385. The van der Waals surface area contributed by atoms with Crippen molar-refractivity contribution in [3.63, 3.8) is 0 Å². The Bertz CT molecular complexity index is 833. The molecule has 0 radical (unpaired) electrons. The minimum absolute atomic E-state index is 0.253. The van der Waals surface area contributed by atoms with Crippen LogP contribution >= 0.6 is 0 Å². The molecule has 0 aliphatic heterocycles. The van der Waals surface area contributed by atoms with E-state index >= 15 is 0 Å². The molecular formula is C26H34F3N. The number of hydrogen-bond acceptors (Lipinski definition) is 1. The van der Waals surface area contributed by atoms with E-state index in [-0.39, 0.29) is 6.08 Å². The summed E-state index contributed by atoms with van der Waals surface area (Å²) in [7, 11) is 1.99. The number of allylic oxidation sites excluding steroid dienone is 2. The zero-order chi connectivity index (χ0) is 22.6. The van der Waals surface area contributed by atoms with Crippen LogP contribution < -0.4 is 5.32 Å². The number of alkyl halides is 3. The predicted octanol–water partition coefficient (Wildman–Crippen LogP) is 8.24. The summed E-state index contributed by atoms with van der Waals surface area (Å²) >= 11 is 0. The minimum atomic E-state index is -4.26. The summed E-state index contributed by atoms with van der Waals surface area (Å²) in [6, 6.07) is 11.8. The molecule has 2 aromatic carbocycles. The first-order valence-corrected chi connectivity index (χ1v) is 10.7. The summed E-state index contributed by atoms with van der Waals surface area (Å²) in [6.07, 6.45) is 5.87. The highest BCUT2D eigenvalue weighted by Gasteiger charge is 2.21. The Hall–Kier alpha value is -2.49. The predicted molar refractivity (Wildman–Crippen MR) is 125 cm³/mol. The maximum absolute atomic E-state index is 12.0. The molecule has 1 nitrogen and oxygen atoms in total. The second-order valence-electron chi connectivity index (χ2n) is 6.85. The highest BCUT2D eigenvalue weighted by molar-refractivity contribution is 5.59. The van der Waals surface area contributed by atoms with E-state index in [9.17, 15) is 13.2 Å². The Kier molecular flexibility index (Phi) is 11.0. The van der Waals surface area contributed by atoms with E-state index < -0.39 is 6.18 Å². The minimum Gasteiger partial charge on any atom is -0.388 e. The summed E-state index contributed by atoms with van der Waals surface area (Å²) in [4.78, 5) is 0. The number of fused-ring (bicyclic) bond motifs is 1. The monoisotopic (exact) mass is 417 g/mol. The average molecular weight is 418 g/mol. The van der Waals surface area contributed by atoms with Gasteiger partial charge in [0.25, 0.3) is 0 Å². The van der Waals surface area contributed by atoms with Crippen LogP contribution in [0.15, 0.2) is 48.6 Å². The Morgan fingerprint density at radius 1 is 1.03 bits per heavy atom. The highest BCUT2D eigenvalue weighted by Crippen LogP contribution is 2.28. The molecule has 4 heteroatoms. The van der Waals surface area contributed by atoms with Gasteiger partial charge in [-0.25, -0.2) is 0 Å². The van der Waals surface area contributed by atoms with Crippen LogP contribution in [0.5, 0.6) is 0 Å². The molecule has 1 aliphatic rings. The molecule has 2 aromatic rings. The van der Waals surface area contributed by atoms with Crippen LogP contribution in [0.3, 0.4) is 0 Å². The quantitative estimate of drug-likeness (QED) is 0.528. The molecular weight excluding hydrogens is 383 g/mol. The summed E-state index contributed by atoms with van der Waals surface area (Å²) in [5.74, 6) is 0. The molecule has 0 amide bonds. The van der Waals surface area contributed by atoms with Gasteiger partial charge in [0.2, 0.25) is 0 Å². The summed E-state index contributed by atoms with van der Waals surface area (Å²) in [6.45, 7) is 7.92. The van der Waals surface area contributed by atoms with Crippen LogP contribution in [-0.2, 0) is 12.8 Å². The van der Waals surface area contributed by atoms with E-state index in [0.29, 0.717) is 5.56 Å².